The summed E-state index contributed by atoms with van der Waals surface area (Å²) in [6.45, 7) is 7.55. The molecule has 1 atom stereocenters. The van der Waals surface area contributed by atoms with Crippen LogP contribution in [0.15, 0.2) is 0 Å². The number of ether oxygens (including phenoxy) is 1. The van der Waals surface area contributed by atoms with Gasteiger partial charge >= 0.3 is 5.97 Å². The standard InChI is InChI=1S/C12H24N2O2/c1-4-7-14-8-5-11(6-9-14)13-10(2)12(15)16-3/h10-11,13H,4-9H2,1-3H3. The van der Waals surface area contributed by atoms with Crippen LogP contribution in [-0.4, -0.2) is 49.7 Å². The molecule has 0 bridgehead atoms. The van der Waals surface area contributed by atoms with Crippen molar-refractivity contribution in [3.8, 4) is 0 Å². The van der Waals surface area contributed by atoms with E-state index in [4.69, 9.17) is 4.74 Å². The number of hydrogen-bond donors (Lipinski definition) is 1. The van der Waals surface area contributed by atoms with Crippen LogP contribution in [0.4, 0.5) is 0 Å². The fraction of sp³-hybridized carbons (Fsp3) is 0.917. The number of carbonyl (C=O) groups is 1. The van der Waals surface area contributed by atoms with Crippen LogP contribution in [0.25, 0.3) is 0 Å². The highest BCUT2D eigenvalue weighted by molar-refractivity contribution is 5.75. The third-order valence-electron chi connectivity index (χ3n) is 3.17. The van der Waals surface area contributed by atoms with Crippen LogP contribution in [0.1, 0.15) is 33.1 Å². The van der Waals surface area contributed by atoms with E-state index >= 15 is 0 Å². The topological polar surface area (TPSA) is 41.6 Å². The second-order valence-corrected chi connectivity index (χ2v) is 4.53. The molecule has 1 fully saturated rings. The Labute approximate surface area is 98.3 Å². The van der Waals surface area contributed by atoms with E-state index in [2.05, 4.69) is 17.1 Å². The van der Waals surface area contributed by atoms with Crippen molar-refractivity contribution in [2.45, 2.75) is 45.2 Å². The summed E-state index contributed by atoms with van der Waals surface area (Å²) in [5.41, 5.74) is 0. The lowest BCUT2D eigenvalue weighted by Crippen LogP contribution is -2.48. The number of esters is 1. The Balaban J connectivity index is 2.24. The van der Waals surface area contributed by atoms with Gasteiger partial charge in [-0.05, 0) is 45.8 Å². The molecule has 1 rings (SSSR count). The van der Waals surface area contributed by atoms with Gasteiger partial charge in [0.2, 0.25) is 0 Å². The predicted octanol–water partition coefficient (Wildman–Crippen LogP) is 1.01. The molecule has 0 radical (unpaired) electrons. The van der Waals surface area contributed by atoms with Gasteiger partial charge in [0.1, 0.15) is 6.04 Å². The molecule has 0 aromatic heterocycles. The number of hydrogen-bond acceptors (Lipinski definition) is 4. The van der Waals surface area contributed by atoms with Crippen molar-refractivity contribution >= 4 is 5.97 Å². The van der Waals surface area contributed by atoms with Gasteiger partial charge in [0, 0.05) is 6.04 Å². The van der Waals surface area contributed by atoms with Crippen LogP contribution in [-0.2, 0) is 9.53 Å². The molecule has 0 saturated carbocycles. The Hall–Kier alpha value is -0.610. The Morgan fingerprint density at radius 2 is 2.12 bits per heavy atom. The lowest BCUT2D eigenvalue weighted by molar-refractivity contribution is -0.142. The Kier molecular flexibility index (Phi) is 5.77. The molecule has 94 valence electrons. The second kappa shape index (κ2) is 6.86. The summed E-state index contributed by atoms with van der Waals surface area (Å²) in [6, 6.07) is 0.273. The normalized spacial score (nSPS) is 20.7. The van der Waals surface area contributed by atoms with Gasteiger partial charge in [0.15, 0.2) is 0 Å². The third kappa shape index (κ3) is 4.10. The molecular weight excluding hydrogens is 204 g/mol. The fourth-order valence-electron chi connectivity index (χ4n) is 2.24. The molecule has 16 heavy (non-hydrogen) atoms. The summed E-state index contributed by atoms with van der Waals surface area (Å²) in [5.74, 6) is -0.170. The van der Waals surface area contributed by atoms with Crippen molar-refractivity contribution < 1.29 is 9.53 Å². The van der Waals surface area contributed by atoms with Gasteiger partial charge in [0.25, 0.3) is 0 Å². The molecule has 1 aliphatic heterocycles. The van der Waals surface area contributed by atoms with Crippen LogP contribution in [0.3, 0.4) is 0 Å². The number of piperidine rings is 1. The van der Waals surface area contributed by atoms with E-state index in [1.54, 1.807) is 0 Å². The molecule has 0 aromatic rings. The molecule has 1 unspecified atom stereocenters. The van der Waals surface area contributed by atoms with Crippen molar-refractivity contribution in [3.05, 3.63) is 0 Å². The van der Waals surface area contributed by atoms with Gasteiger partial charge in [-0.15, -0.1) is 0 Å². The van der Waals surface area contributed by atoms with Crippen molar-refractivity contribution in [2.75, 3.05) is 26.7 Å². The molecular formula is C12H24N2O2. The number of likely N-dealkylation sites (tertiary alicyclic amines) is 1. The van der Waals surface area contributed by atoms with E-state index in [1.165, 1.54) is 20.1 Å². The molecule has 1 saturated heterocycles. The number of nitrogens with one attached hydrogen (secondary N) is 1. The number of nitrogens with zero attached hydrogens (tertiary/aromatic N) is 1. The van der Waals surface area contributed by atoms with Gasteiger partial charge in [-0.25, -0.2) is 0 Å². The smallest absolute Gasteiger partial charge is 0.322 e. The summed E-state index contributed by atoms with van der Waals surface area (Å²) in [4.78, 5) is 13.7. The maximum Gasteiger partial charge on any atom is 0.322 e. The molecule has 0 aliphatic carbocycles. The summed E-state index contributed by atoms with van der Waals surface area (Å²) in [6.07, 6.45) is 3.47. The summed E-state index contributed by atoms with van der Waals surface area (Å²) < 4.78 is 4.70. The third-order valence-corrected chi connectivity index (χ3v) is 3.17. The first-order valence-corrected chi connectivity index (χ1v) is 6.23. The van der Waals surface area contributed by atoms with Gasteiger partial charge in [-0.1, -0.05) is 6.92 Å². The maximum atomic E-state index is 11.3. The van der Waals surface area contributed by atoms with Gasteiger partial charge in [-0.3, -0.25) is 4.79 Å². The first-order chi connectivity index (χ1) is 7.67. The molecule has 1 N–H and O–H groups in total. The van der Waals surface area contributed by atoms with Gasteiger partial charge in [0.05, 0.1) is 7.11 Å². The lowest BCUT2D eigenvalue weighted by atomic mass is 10.0. The van der Waals surface area contributed by atoms with E-state index in [1.807, 2.05) is 6.92 Å². The number of carbonyl (C=O) groups excluding carboxylic acids is 1. The summed E-state index contributed by atoms with van der Waals surface area (Å²) >= 11 is 0. The van der Waals surface area contributed by atoms with E-state index < -0.39 is 0 Å². The van der Waals surface area contributed by atoms with Crippen LogP contribution in [0, 0.1) is 0 Å². The zero-order chi connectivity index (χ0) is 12.0. The van der Waals surface area contributed by atoms with Crippen molar-refractivity contribution in [1.29, 1.82) is 0 Å². The second-order valence-electron chi connectivity index (χ2n) is 4.53. The number of rotatable bonds is 5. The van der Waals surface area contributed by atoms with Crippen molar-refractivity contribution in [3.63, 3.8) is 0 Å². The Bertz CT molecular complexity index is 213. The highest BCUT2D eigenvalue weighted by Gasteiger charge is 2.22. The highest BCUT2D eigenvalue weighted by atomic mass is 16.5. The maximum absolute atomic E-state index is 11.3. The van der Waals surface area contributed by atoms with Crippen LogP contribution in [0.2, 0.25) is 0 Å². The molecule has 4 heteroatoms. The van der Waals surface area contributed by atoms with Gasteiger partial charge in [-0.2, -0.15) is 0 Å². The summed E-state index contributed by atoms with van der Waals surface area (Å²) in [7, 11) is 1.43. The minimum atomic E-state index is -0.187. The van der Waals surface area contributed by atoms with E-state index in [9.17, 15) is 4.79 Å². The van der Waals surface area contributed by atoms with Crippen LogP contribution < -0.4 is 5.32 Å². The highest BCUT2D eigenvalue weighted by Crippen LogP contribution is 2.11. The number of methoxy groups -OCH3 is 1. The minimum absolute atomic E-state index is 0.170. The molecule has 1 heterocycles. The quantitative estimate of drug-likeness (QED) is 0.713. The first-order valence-electron chi connectivity index (χ1n) is 6.23. The Morgan fingerprint density at radius 3 is 2.62 bits per heavy atom. The van der Waals surface area contributed by atoms with Crippen molar-refractivity contribution in [2.24, 2.45) is 0 Å². The molecule has 0 amide bonds. The predicted molar refractivity (Wildman–Crippen MR) is 64.4 cm³/mol. The average molecular weight is 228 g/mol. The van der Waals surface area contributed by atoms with Crippen LogP contribution in [0.5, 0.6) is 0 Å². The molecule has 0 aromatic carbocycles. The monoisotopic (exact) mass is 228 g/mol. The Morgan fingerprint density at radius 1 is 1.50 bits per heavy atom. The zero-order valence-electron chi connectivity index (χ0n) is 10.7. The minimum Gasteiger partial charge on any atom is -0.468 e. The van der Waals surface area contributed by atoms with Crippen molar-refractivity contribution in [1.82, 2.24) is 10.2 Å². The van der Waals surface area contributed by atoms with Gasteiger partial charge < -0.3 is 15.0 Å². The zero-order valence-corrected chi connectivity index (χ0v) is 10.7. The van der Waals surface area contributed by atoms with E-state index in [0.29, 0.717) is 6.04 Å². The molecule has 4 nitrogen and oxygen atoms in total. The largest absolute Gasteiger partial charge is 0.468 e. The molecule has 0 spiro atoms. The van der Waals surface area contributed by atoms with E-state index in [0.717, 1.165) is 25.9 Å². The van der Waals surface area contributed by atoms with E-state index in [-0.39, 0.29) is 12.0 Å². The lowest BCUT2D eigenvalue weighted by Gasteiger charge is -2.33. The SMILES string of the molecule is CCCN1CCC(NC(C)C(=O)OC)CC1. The fourth-order valence-corrected chi connectivity index (χ4v) is 2.24. The average Bonchev–Trinajstić information content (AvgIpc) is 2.31. The summed E-state index contributed by atoms with van der Waals surface area (Å²) in [5, 5.41) is 3.33. The molecule has 1 aliphatic rings. The van der Waals surface area contributed by atoms with Crippen LogP contribution >= 0.6 is 0 Å². The first kappa shape index (κ1) is 13.5.